The lowest BCUT2D eigenvalue weighted by Gasteiger charge is -2.28. The minimum Gasteiger partial charge on any atom is -0.478 e. The van der Waals surface area contributed by atoms with E-state index in [-0.39, 0.29) is 21.6 Å². The number of aromatic carboxylic acids is 1. The molecule has 0 saturated heterocycles. The number of carboxylic acids is 1. The number of sulfone groups is 1. The first-order valence-electron chi connectivity index (χ1n) is 6.65. The maximum absolute atomic E-state index is 12.7. The monoisotopic (exact) mass is 332 g/mol. The van der Waals surface area contributed by atoms with Crippen LogP contribution in [0.15, 0.2) is 23.1 Å². The zero-order chi connectivity index (χ0) is 15.6. The minimum absolute atomic E-state index is 0.0551. The normalized spacial score (nSPS) is 23.0. The fourth-order valence-corrected chi connectivity index (χ4v) is 5.01. The van der Waals surface area contributed by atoms with E-state index < -0.39 is 21.1 Å². The van der Waals surface area contributed by atoms with Crippen molar-refractivity contribution in [2.75, 3.05) is 7.11 Å². The predicted octanol–water partition coefficient (Wildman–Crippen LogP) is 2.77. The molecule has 5 nitrogen and oxygen atoms in total. The first kappa shape index (κ1) is 16.3. The van der Waals surface area contributed by atoms with Crippen LogP contribution in [-0.2, 0) is 14.6 Å². The van der Waals surface area contributed by atoms with Crippen molar-refractivity contribution in [2.24, 2.45) is 0 Å². The van der Waals surface area contributed by atoms with Crippen LogP contribution in [0.5, 0.6) is 0 Å². The van der Waals surface area contributed by atoms with Gasteiger partial charge in [0.05, 0.1) is 26.8 Å². The number of halogens is 1. The van der Waals surface area contributed by atoms with E-state index in [0.29, 0.717) is 12.8 Å². The molecule has 7 heteroatoms. The minimum atomic E-state index is -3.67. The molecule has 0 aliphatic heterocycles. The molecule has 1 aromatic rings. The van der Waals surface area contributed by atoms with Crippen LogP contribution in [0.1, 0.15) is 36.0 Å². The van der Waals surface area contributed by atoms with E-state index in [1.54, 1.807) is 7.11 Å². The van der Waals surface area contributed by atoms with Crippen LogP contribution in [-0.4, -0.2) is 38.0 Å². The highest BCUT2D eigenvalue weighted by Gasteiger charge is 2.34. The highest BCUT2D eigenvalue weighted by molar-refractivity contribution is 7.92. The molecule has 1 aromatic carbocycles. The molecule has 1 saturated carbocycles. The van der Waals surface area contributed by atoms with Crippen LogP contribution in [0.3, 0.4) is 0 Å². The van der Waals surface area contributed by atoms with E-state index in [1.807, 2.05) is 0 Å². The average molecular weight is 333 g/mol. The summed E-state index contributed by atoms with van der Waals surface area (Å²) in [7, 11) is -2.10. The molecular formula is C14H17ClO5S. The van der Waals surface area contributed by atoms with Crippen molar-refractivity contribution < 1.29 is 23.1 Å². The third kappa shape index (κ3) is 3.39. The number of rotatable bonds is 4. The molecule has 2 rings (SSSR count). The molecule has 0 heterocycles. The summed E-state index contributed by atoms with van der Waals surface area (Å²) in [5.74, 6) is -1.18. The maximum atomic E-state index is 12.7. The van der Waals surface area contributed by atoms with Crippen LogP contribution in [0, 0.1) is 0 Å². The largest absolute Gasteiger partial charge is 0.478 e. The van der Waals surface area contributed by atoms with E-state index >= 15 is 0 Å². The average Bonchev–Trinajstić information content (AvgIpc) is 2.47. The van der Waals surface area contributed by atoms with Gasteiger partial charge in [0.25, 0.3) is 0 Å². The standard InChI is InChI=1S/C14H17ClO5S/c1-20-10-3-2-4-11(8-10)21(18,19)13-7-9(14(16)17)5-6-12(13)15/h5-7,10-11H,2-4,8H2,1H3,(H,16,17). The van der Waals surface area contributed by atoms with Gasteiger partial charge < -0.3 is 9.84 Å². The van der Waals surface area contributed by atoms with Crippen molar-refractivity contribution in [3.63, 3.8) is 0 Å². The highest BCUT2D eigenvalue weighted by Crippen LogP contribution is 2.33. The Hall–Kier alpha value is -1.11. The van der Waals surface area contributed by atoms with Gasteiger partial charge in [0.2, 0.25) is 0 Å². The molecule has 1 aliphatic carbocycles. The molecule has 0 bridgehead atoms. The van der Waals surface area contributed by atoms with Crippen LogP contribution in [0.25, 0.3) is 0 Å². The zero-order valence-electron chi connectivity index (χ0n) is 11.6. The second kappa shape index (κ2) is 6.34. The van der Waals surface area contributed by atoms with Gasteiger partial charge in [0, 0.05) is 7.11 Å². The molecule has 1 aliphatic rings. The molecule has 116 valence electrons. The summed E-state index contributed by atoms with van der Waals surface area (Å²) in [6.07, 6.45) is 2.46. The smallest absolute Gasteiger partial charge is 0.335 e. The first-order chi connectivity index (χ1) is 9.86. The second-order valence-corrected chi connectivity index (χ2v) is 7.75. The first-order valence-corrected chi connectivity index (χ1v) is 8.58. The Kier molecular flexibility index (Phi) is 4.91. The van der Waals surface area contributed by atoms with Gasteiger partial charge in [-0.05, 0) is 43.9 Å². The number of hydrogen-bond donors (Lipinski definition) is 1. The Morgan fingerprint density at radius 3 is 2.71 bits per heavy atom. The highest BCUT2D eigenvalue weighted by atomic mass is 35.5. The van der Waals surface area contributed by atoms with Gasteiger partial charge in [-0.2, -0.15) is 0 Å². The predicted molar refractivity (Wildman–Crippen MR) is 78.7 cm³/mol. The molecule has 1 N–H and O–H groups in total. The van der Waals surface area contributed by atoms with Crippen molar-refractivity contribution in [3.8, 4) is 0 Å². The number of ether oxygens (including phenoxy) is 1. The van der Waals surface area contributed by atoms with Crippen molar-refractivity contribution in [1.82, 2.24) is 0 Å². The summed E-state index contributed by atoms with van der Waals surface area (Å²) in [5, 5.41) is 8.47. The van der Waals surface area contributed by atoms with Gasteiger partial charge >= 0.3 is 5.97 Å². The zero-order valence-corrected chi connectivity index (χ0v) is 13.2. The quantitative estimate of drug-likeness (QED) is 0.917. The Balaban J connectivity index is 2.39. The van der Waals surface area contributed by atoms with Crippen LogP contribution >= 0.6 is 11.6 Å². The number of carbonyl (C=O) groups is 1. The lowest BCUT2D eigenvalue weighted by Crippen LogP contribution is -2.32. The van der Waals surface area contributed by atoms with Crippen LogP contribution < -0.4 is 0 Å². The fourth-order valence-electron chi connectivity index (χ4n) is 2.63. The summed E-state index contributed by atoms with van der Waals surface area (Å²) >= 11 is 5.97. The summed E-state index contributed by atoms with van der Waals surface area (Å²) in [6, 6.07) is 3.74. The second-order valence-electron chi connectivity index (χ2n) is 5.14. The molecule has 1 fully saturated rings. The van der Waals surface area contributed by atoms with Crippen LogP contribution in [0.2, 0.25) is 5.02 Å². The van der Waals surface area contributed by atoms with Crippen molar-refractivity contribution >= 4 is 27.4 Å². The van der Waals surface area contributed by atoms with E-state index in [0.717, 1.165) is 18.9 Å². The summed E-state index contributed by atoms with van der Waals surface area (Å²) in [5.41, 5.74) is -0.0860. The fraction of sp³-hybridized carbons (Fsp3) is 0.500. The topological polar surface area (TPSA) is 80.7 Å². The van der Waals surface area contributed by atoms with Gasteiger partial charge in [-0.15, -0.1) is 0 Å². The Morgan fingerprint density at radius 2 is 2.10 bits per heavy atom. The Labute approximate surface area is 128 Å². The number of hydrogen-bond acceptors (Lipinski definition) is 4. The molecule has 21 heavy (non-hydrogen) atoms. The third-order valence-corrected chi connectivity index (χ3v) is 6.53. The van der Waals surface area contributed by atoms with E-state index in [4.69, 9.17) is 21.4 Å². The van der Waals surface area contributed by atoms with E-state index in [9.17, 15) is 13.2 Å². The molecule has 2 atom stereocenters. The van der Waals surface area contributed by atoms with Gasteiger partial charge in [-0.3, -0.25) is 0 Å². The van der Waals surface area contributed by atoms with Crippen molar-refractivity contribution in [2.45, 2.75) is 41.9 Å². The third-order valence-electron chi connectivity index (χ3n) is 3.83. The van der Waals surface area contributed by atoms with Crippen LogP contribution in [0.4, 0.5) is 0 Å². The maximum Gasteiger partial charge on any atom is 0.335 e. The summed E-state index contributed by atoms with van der Waals surface area (Å²) in [6.45, 7) is 0. The Bertz CT molecular complexity index is 641. The number of carboxylic acid groups (broad SMARTS) is 1. The van der Waals surface area contributed by atoms with E-state index in [2.05, 4.69) is 0 Å². The van der Waals surface area contributed by atoms with E-state index in [1.165, 1.54) is 12.1 Å². The van der Waals surface area contributed by atoms with Gasteiger partial charge in [0.1, 0.15) is 0 Å². The molecular weight excluding hydrogens is 316 g/mol. The number of methoxy groups -OCH3 is 1. The lowest BCUT2D eigenvalue weighted by atomic mass is 9.97. The van der Waals surface area contributed by atoms with Gasteiger partial charge in [-0.25, -0.2) is 13.2 Å². The molecule has 2 unspecified atom stereocenters. The summed E-state index contributed by atoms with van der Waals surface area (Å²) in [4.78, 5) is 10.9. The summed E-state index contributed by atoms with van der Waals surface area (Å²) < 4.78 is 30.7. The molecule has 0 spiro atoms. The molecule has 0 amide bonds. The van der Waals surface area contributed by atoms with Crippen molar-refractivity contribution in [3.05, 3.63) is 28.8 Å². The molecule has 0 radical (unpaired) electrons. The SMILES string of the molecule is COC1CCCC(S(=O)(=O)c2cc(C(=O)O)ccc2Cl)C1. The number of benzene rings is 1. The molecule has 0 aromatic heterocycles. The Morgan fingerprint density at radius 1 is 1.38 bits per heavy atom. The lowest BCUT2D eigenvalue weighted by molar-refractivity contribution is 0.0695. The van der Waals surface area contributed by atoms with Gasteiger partial charge in [0.15, 0.2) is 9.84 Å². The van der Waals surface area contributed by atoms with Crippen molar-refractivity contribution in [1.29, 1.82) is 0 Å². The van der Waals surface area contributed by atoms with Gasteiger partial charge in [-0.1, -0.05) is 11.6 Å².